The molecule has 0 saturated heterocycles. The summed E-state index contributed by atoms with van der Waals surface area (Å²) in [6.45, 7) is 4.47. The molecule has 3 aromatic rings. The number of amides is 1. The minimum atomic E-state index is -3.62. The lowest BCUT2D eigenvalue weighted by molar-refractivity contribution is 0.0949. The SMILES string of the molecule is CCN(CC)S(=O)(=O)c1cccc(C(=O)NCc2nnc3ccccn23)c1. The fourth-order valence-corrected chi connectivity index (χ4v) is 4.29. The Morgan fingerprint density at radius 3 is 2.63 bits per heavy atom. The summed E-state index contributed by atoms with van der Waals surface area (Å²) in [7, 11) is -3.62. The minimum absolute atomic E-state index is 0.103. The van der Waals surface area contributed by atoms with Crippen LogP contribution in [0.4, 0.5) is 0 Å². The predicted octanol–water partition coefficient (Wildman–Crippen LogP) is 1.69. The van der Waals surface area contributed by atoms with Crippen molar-refractivity contribution in [3.8, 4) is 0 Å². The van der Waals surface area contributed by atoms with E-state index < -0.39 is 10.0 Å². The van der Waals surface area contributed by atoms with E-state index in [0.717, 1.165) is 0 Å². The normalized spacial score (nSPS) is 11.8. The van der Waals surface area contributed by atoms with Crippen LogP contribution in [-0.4, -0.2) is 46.3 Å². The molecule has 27 heavy (non-hydrogen) atoms. The lowest BCUT2D eigenvalue weighted by Crippen LogP contribution is -2.31. The van der Waals surface area contributed by atoms with Crippen LogP contribution >= 0.6 is 0 Å². The Balaban J connectivity index is 1.78. The maximum absolute atomic E-state index is 12.6. The molecular weight excluding hydrogens is 366 g/mol. The van der Waals surface area contributed by atoms with E-state index in [9.17, 15) is 13.2 Å². The van der Waals surface area contributed by atoms with Gasteiger partial charge in [-0.2, -0.15) is 4.31 Å². The third-order valence-electron chi connectivity index (χ3n) is 4.23. The molecule has 3 rings (SSSR count). The third kappa shape index (κ3) is 3.83. The van der Waals surface area contributed by atoms with Crippen molar-refractivity contribution < 1.29 is 13.2 Å². The van der Waals surface area contributed by atoms with Crippen LogP contribution in [0.5, 0.6) is 0 Å². The van der Waals surface area contributed by atoms with E-state index in [1.54, 1.807) is 30.4 Å². The van der Waals surface area contributed by atoms with Crippen molar-refractivity contribution in [1.29, 1.82) is 0 Å². The summed E-state index contributed by atoms with van der Waals surface area (Å²) >= 11 is 0. The minimum Gasteiger partial charge on any atom is -0.345 e. The molecule has 0 saturated carbocycles. The van der Waals surface area contributed by atoms with Gasteiger partial charge in [-0.3, -0.25) is 9.20 Å². The Labute approximate surface area is 157 Å². The molecule has 9 heteroatoms. The van der Waals surface area contributed by atoms with Crippen molar-refractivity contribution >= 4 is 21.6 Å². The monoisotopic (exact) mass is 387 g/mol. The number of rotatable bonds is 7. The van der Waals surface area contributed by atoms with Crippen LogP contribution in [0.3, 0.4) is 0 Å². The van der Waals surface area contributed by atoms with Gasteiger partial charge in [0.15, 0.2) is 11.5 Å². The molecule has 0 aliphatic rings. The Hall–Kier alpha value is -2.78. The van der Waals surface area contributed by atoms with E-state index in [1.165, 1.54) is 16.4 Å². The first-order valence-electron chi connectivity index (χ1n) is 8.64. The zero-order valence-corrected chi connectivity index (χ0v) is 16.0. The van der Waals surface area contributed by atoms with Crippen LogP contribution in [-0.2, 0) is 16.6 Å². The van der Waals surface area contributed by atoms with Crippen LogP contribution in [0.1, 0.15) is 30.0 Å². The summed E-state index contributed by atoms with van der Waals surface area (Å²) in [6, 6.07) is 11.6. The van der Waals surface area contributed by atoms with Crippen LogP contribution in [0.25, 0.3) is 5.65 Å². The quantitative estimate of drug-likeness (QED) is 0.665. The van der Waals surface area contributed by atoms with Crippen molar-refractivity contribution in [1.82, 2.24) is 24.2 Å². The fraction of sp³-hybridized carbons (Fsp3) is 0.278. The van der Waals surface area contributed by atoms with E-state index in [1.807, 2.05) is 24.4 Å². The molecule has 0 atom stereocenters. The summed E-state index contributed by atoms with van der Waals surface area (Å²) in [4.78, 5) is 12.6. The van der Waals surface area contributed by atoms with E-state index in [2.05, 4.69) is 15.5 Å². The van der Waals surface area contributed by atoms with Crippen LogP contribution < -0.4 is 5.32 Å². The zero-order chi connectivity index (χ0) is 19.4. The van der Waals surface area contributed by atoms with E-state index in [4.69, 9.17) is 0 Å². The van der Waals surface area contributed by atoms with Gasteiger partial charge in [0.25, 0.3) is 5.91 Å². The Kier molecular flexibility index (Phi) is 5.52. The average molecular weight is 387 g/mol. The first-order chi connectivity index (χ1) is 13.0. The molecule has 2 heterocycles. The van der Waals surface area contributed by atoms with Gasteiger partial charge in [-0.1, -0.05) is 26.0 Å². The van der Waals surface area contributed by atoms with E-state index >= 15 is 0 Å². The number of nitrogens with zero attached hydrogens (tertiary/aromatic N) is 4. The van der Waals surface area contributed by atoms with E-state index in [0.29, 0.717) is 24.6 Å². The topological polar surface area (TPSA) is 96.7 Å². The van der Waals surface area contributed by atoms with Gasteiger partial charge in [0, 0.05) is 24.8 Å². The second-order valence-electron chi connectivity index (χ2n) is 5.84. The molecule has 0 aliphatic heterocycles. The maximum atomic E-state index is 12.6. The number of hydrogen-bond donors (Lipinski definition) is 1. The van der Waals surface area contributed by atoms with Crippen molar-refractivity contribution in [2.75, 3.05) is 13.1 Å². The number of fused-ring (bicyclic) bond motifs is 1. The number of carbonyl (C=O) groups excluding carboxylic acids is 1. The molecule has 0 aliphatic carbocycles. The molecule has 2 aromatic heterocycles. The molecular formula is C18H21N5O3S. The van der Waals surface area contributed by atoms with Gasteiger partial charge in [-0.05, 0) is 30.3 Å². The Morgan fingerprint density at radius 1 is 1.11 bits per heavy atom. The smallest absolute Gasteiger partial charge is 0.251 e. The maximum Gasteiger partial charge on any atom is 0.251 e. The van der Waals surface area contributed by atoms with Crippen molar-refractivity contribution in [2.24, 2.45) is 0 Å². The first kappa shape index (κ1) is 19.0. The number of benzene rings is 1. The summed E-state index contributed by atoms with van der Waals surface area (Å²) in [6.07, 6.45) is 1.81. The van der Waals surface area contributed by atoms with Gasteiger partial charge >= 0.3 is 0 Å². The summed E-state index contributed by atoms with van der Waals surface area (Å²) < 4.78 is 28.4. The largest absolute Gasteiger partial charge is 0.345 e. The summed E-state index contributed by atoms with van der Waals surface area (Å²) in [5, 5.41) is 10.8. The Morgan fingerprint density at radius 2 is 1.89 bits per heavy atom. The number of hydrogen-bond acceptors (Lipinski definition) is 5. The summed E-state index contributed by atoms with van der Waals surface area (Å²) in [5.74, 6) is 0.213. The van der Waals surface area contributed by atoms with E-state index in [-0.39, 0.29) is 22.9 Å². The molecule has 0 fully saturated rings. The molecule has 8 nitrogen and oxygen atoms in total. The van der Waals surface area contributed by atoms with Gasteiger partial charge in [-0.25, -0.2) is 8.42 Å². The number of pyridine rings is 1. The lowest BCUT2D eigenvalue weighted by Gasteiger charge is -2.18. The van der Waals surface area contributed by atoms with Gasteiger partial charge in [0.1, 0.15) is 0 Å². The molecule has 0 radical (unpaired) electrons. The summed E-state index contributed by atoms with van der Waals surface area (Å²) in [5.41, 5.74) is 0.964. The van der Waals surface area contributed by atoms with Gasteiger partial charge in [0.05, 0.1) is 11.4 Å². The molecule has 0 unspecified atom stereocenters. The molecule has 1 aromatic carbocycles. The molecule has 0 bridgehead atoms. The molecule has 1 N–H and O–H groups in total. The lowest BCUT2D eigenvalue weighted by atomic mass is 10.2. The predicted molar refractivity (Wildman–Crippen MR) is 101 cm³/mol. The average Bonchev–Trinajstić information content (AvgIpc) is 3.10. The van der Waals surface area contributed by atoms with Crippen molar-refractivity contribution in [2.45, 2.75) is 25.3 Å². The highest BCUT2D eigenvalue weighted by Gasteiger charge is 2.22. The van der Waals surface area contributed by atoms with Gasteiger partial charge in [0.2, 0.25) is 10.0 Å². The van der Waals surface area contributed by atoms with Gasteiger partial charge in [-0.15, -0.1) is 10.2 Å². The zero-order valence-electron chi connectivity index (χ0n) is 15.2. The number of sulfonamides is 1. The van der Waals surface area contributed by atoms with Crippen LogP contribution in [0.15, 0.2) is 53.6 Å². The first-order valence-corrected chi connectivity index (χ1v) is 10.1. The number of aromatic nitrogens is 3. The van der Waals surface area contributed by atoms with Crippen LogP contribution in [0, 0.1) is 0 Å². The van der Waals surface area contributed by atoms with Crippen molar-refractivity contribution in [3.63, 3.8) is 0 Å². The highest BCUT2D eigenvalue weighted by Crippen LogP contribution is 2.17. The second kappa shape index (κ2) is 7.85. The fourth-order valence-electron chi connectivity index (χ4n) is 2.78. The second-order valence-corrected chi connectivity index (χ2v) is 7.78. The highest BCUT2D eigenvalue weighted by atomic mass is 32.2. The molecule has 0 spiro atoms. The van der Waals surface area contributed by atoms with Crippen LogP contribution in [0.2, 0.25) is 0 Å². The third-order valence-corrected chi connectivity index (χ3v) is 6.28. The van der Waals surface area contributed by atoms with Crippen molar-refractivity contribution in [3.05, 3.63) is 60.0 Å². The number of nitrogens with one attached hydrogen (secondary N) is 1. The Bertz CT molecular complexity index is 1060. The molecule has 142 valence electrons. The van der Waals surface area contributed by atoms with Gasteiger partial charge < -0.3 is 5.32 Å². The molecule has 1 amide bonds. The standard InChI is InChI=1S/C18H21N5O3S/c1-3-22(4-2)27(25,26)15-9-7-8-14(12-15)18(24)19-13-17-21-20-16-10-5-6-11-23(16)17/h5-12H,3-4,13H2,1-2H3,(H,19,24). The highest BCUT2D eigenvalue weighted by molar-refractivity contribution is 7.89. The number of carbonyl (C=O) groups is 1.